The molecule has 1 aliphatic rings. The van der Waals surface area contributed by atoms with E-state index in [1.165, 1.54) is 0 Å². The van der Waals surface area contributed by atoms with Crippen molar-refractivity contribution in [2.75, 3.05) is 53.9 Å². The second-order valence-electron chi connectivity index (χ2n) is 7.53. The fourth-order valence-corrected chi connectivity index (χ4v) is 2.57. The van der Waals surface area contributed by atoms with Gasteiger partial charge in [0, 0.05) is 24.7 Å². The van der Waals surface area contributed by atoms with Crippen molar-refractivity contribution in [1.82, 2.24) is 20.0 Å². The van der Waals surface area contributed by atoms with E-state index in [0.29, 0.717) is 12.6 Å². The Hall–Kier alpha value is -0.650. The quantitative estimate of drug-likeness (QED) is 0.789. The second kappa shape index (κ2) is 8.11. The number of hydrogen-bond donors (Lipinski definition) is 1. The number of nitrogens with zero attached hydrogens (tertiary/aromatic N) is 3. The van der Waals surface area contributed by atoms with Gasteiger partial charge in [0.15, 0.2) is 0 Å². The fourth-order valence-electron chi connectivity index (χ4n) is 2.57. The molecule has 1 heterocycles. The van der Waals surface area contributed by atoms with Crippen LogP contribution in [0.15, 0.2) is 0 Å². The number of carbonyl (C=O) groups excluding carboxylic acids is 1. The van der Waals surface area contributed by atoms with E-state index < -0.39 is 0 Å². The maximum absolute atomic E-state index is 12.6. The topological polar surface area (TPSA) is 38.8 Å². The van der Waals surface area contributed by atoms with Gasteiger partial charge in [-0.25, -0.2) is 0 Å². The van der Waals surface area contributed by atoms with Crippen LogP contribution in [0.2, 0.25) is 0 Å². The van der Waals surface area contributed by atoms with E-state index in [2.05, 4.69) is 61.9 Å². The largest absolute Gasteiger partial charge is 0.337 e. The van der Waals surface area contributed by atoms with Gasteiger partial charge in [0.2, 0.25) is 5.91 Å². The molecule has 1 fully saturated rings. The molecule has 0 aromatic rings. The van der Waals surface area contributed by atoms with Gasteiger partial charge in [0.1, 0.15) is 0 Å². The fraction of sp³-hybridized carbons (Fsp3) is 0.938. The van der Waals surface area contributed by atoms with Crippen LogP contribution in [-0.2, 0) is 4.79 Å². The van der Waals surface area contributed by atoms with E-state index in [0.717, 1.165) is 39.0 Å². The molecule has 21 heavy (non-hydrogen) atoms. The average Bonchev–Trinajstić information content (AvgIpc) is 2.37. The Morgan fingerprint density at radius 1 is 1.19 bits per heavy atom. The van der Waals surface area contributed by atoms with Crippen LogP contribution in [0.3, 0.4) is 0 Å². The second-order valence-corrected chi connectivity index (χ2v) is 7.53. The van der Waals surface area contributed by atoms with Crippen LogP contribution in [0.25, 0.3) is 0 Å². The summed E-state index contributed by atoms with van der Waals surface area (Å²) in [6, 6.07) is 0.399. The minimum absolute atomic E-state index is 0.0182. The van der Waals surface area contributed by atoms with Crippen LogP contribution in [-0.4, -0.2) is 86.1 Å². The minimum atomic E-state index is -0.0182. The Bertz CT molecular complexity index is 317. The summed E-state index contributed by atoms with van der Waals surface area (Å²) in [6.07, 6.45) is 2.18. The third-order valence-electron chi connectivity index (χ3n) is 4.01. The van der Waals surface area contributed by atoms with Crippen LogP contribution in [0.4, 0.5) is 0 Å². The molecule has 1 rings (SSSR count). The van der Waals surface area contributed by atoms with Crippen LogP contribution < -0.4 is 5.32 Å². The zero-order valence-corrected chi connectivity index (χ0v) is 14.8. The molecule has 5 heteroatoms. The lowest BCUT2D eigenvalue weighted by Crippen LogP contribution is -2.52. The predicted octanol–water partition coefficient (Wildman–Crippen LogP) is 0.859. The van der Waals surface area contributed by atoms with Gasteiger partial charge in [-0.3, -0.25) is 4.79 Å². The molecule has 0 saturated carbocycles. The lowest BCUT2D eigenvalue weighted by Gasteiger charge is -2.38. The molecule has 5 nitrogen and oxygen atoms in total. The van der Waals surface area contributed by atoms with Crippen LogP contribution in [0, 0.1) is 0 Å². The molecule has 0 aromatic carbocycles. The first kappa shape index (κ1) is 18.4. The maximum Gasteiger partial charge on any atom is 0.236 e. The van der Waals surface area contributed by atoms with Crippen LogP contribution in [0.1, 0.15) is 33.6 Å². The van der Waals surface area contributed by atoms with Gasteiger partial charge >= 0.3 is 0 Å². The molecule has 0 bridgehead atoms. The molecule has 124 valence electrons. The highest BCUT2D eigenvalue weighted by Crippen LogP contribution is 2.16. The summed E-state index contributed by atoms with van der Waals surface area (Å²) in [4.78, 5) is 19.2. The van der Waals surface area contributed by atoms with Crippen molar-refractivity contribution >= 4 is 5.91 Å². The van der Waals surface area contributed by atoms with Crippen molar-refractivity contribution in [3.63, 3.8) is 0 Å². The first-order valence-corrected chi connectivity index (χ1v) is 8.07. The highest BCUT2D eigenvalue weighted by Gasteiger charge is 2.27. The Labute approximate surface area is 130 Å². The molecule has 0 radical (unpaired) electrons. The van der Waals surface area contributed by atoms with Gasteiger partial charge in [-0.15, -0.1) is 0 Å². The number of nitrogens with one attached hydrogen (secondary N) is 1. The van der Waals surface area contributed by atoms with Gasteiger partial charge in [-0.05, 0) is 67.8 Å². The standard InChI is InChI=1S/C16H34N4O/c1-16(2,3)17-13-15(21)20(12-11-18(4)5)14-7-9-19(6)10-8-14/h14,17H,7-13H2,1-6H3. The summed E-state index contributed by atoms with van der Waals surface area (Å²) in [7, 11) is 6.28. The van der Waals surface area contributed by atoms with E-state index in [9.17, 15) is 4.79 Å². The molecule has 1 saturated heterocycles. The van der Waals surface area contributed by atoms with E-state index in [-0.39, 0.29) is 11.4 Å². The molecule has 1 aliphatic heterocycles. The third-order valence-corrected chi connectivity index (χ3v) is 4.01. The van der Waals surface area contributed by atoms with Gasteiger partial charge in [0.05, 0.1) is 6.54 Å². The third kappa shape index (κ3) is 7.25. The molecule has 0 atom stereocenters. The molecular weight excluding hydrogens is 264 g/mol. The van der Waals surface area contributed by atoms with Crippen molar-refractivity contribution in [1.29, 1.82) is 0 Å². The smallest absolute Gasteiger partial charge is 0.236 e. The predicted molar refractivity (Wildman–Crippen MR) is 88.5 cm³/mol. The number of hydrogen-bond acceptors (Lipinski definition) is 4. The first-order chi connectivity index (χ1) is 9.69. The van der Waals surface area contributed by atoms with Gasteiger partial charge < -0.3 is 20.0 Å². The Balaban J connectivity index is 2.60. The molecule has 0 aromatic heterocycles. The summed E-state index contributed by atoms with van der Waals surface area (Å²) in [5, 5.41) is 3.32. The average molecular weight is 298 g/mol. The van der Waals surface area contributed by atoms with Crippen molar-refractivity contribution in [3.8, 4) is 0 Å². The molecule has 1 N–H and O–H groups in total. The van der Waals surface area contributed by atoms with Gasteiger partial charge in [-0.2, -0.15) is 0 Å². The van der Waals surface area contributed by atoms with Crippen LogP contribution in [0.5, 0.6) is 0 Å². The zero-order valence-electron chi connectivity index (χ0n) is 14.8. The van der Waals surface area contributed by atoms with Gasteiger partial charge in [0.25, 0.3) is 0 Å². The molecule has 0 unspecified atom stereocenters. The van der Waals surface area contributed by atoms with Gasteiger partial charge in [-0.1, -0.05) is 0 Å². The molecule has 1 amide bonds. The van der Waals surface area contributed by atoms with Crippen molar-refractivity contribution in [2.24, 2.45) is 0 Å². The molecule has 0 aliphatic carbocycles. The SMILES string of the molecule is CN(C)CCN(C(=O)CNC(C)(C)C)C1CCN(C)CC1. The Morgan fingerprint density at radius 2 is 1.76 bits per heavy atom. The number of piperidine rings is 1. The minimum Gasteiger partial charge on any atom is -0.337 e. The maximum atomic E-state index is 12.6. The first-order valence-electron chi connectivity index (χ1n) is 8.07. The number of likely N-dealkylation sites (N-methyl/N-ethyl adjacent to an activating group) is 1. The molecule has 0 spiro atoms. The monoisotopic (exact) mass is 298 g/mol. The summed E-state index contributed by atoms with van der Waals surface area (Å²) in [6.45, 7) is 10.6. The summed E-state index contributed by atoms with van der Waals surface area (Å²) < 4.78 is 0. The van der Waals surface area contributed by atoms with Crippen molar-refractivity contribution in [2.45, 2.75) is 45.2 Å². The van der Waals surface area contributed by atoms with Crippen molar-refractivity contribution < 1.29 is 4.79 Å². The highest BCUT2D eigenvalue weighted by molar-refractivity contribution is 5.78. The van der Waals surface area contributed by atoms with E-state index in [4.69, 9.17) is 0 Å². The van der Waals surface area contributed by atoms with Crippen molar-refractivity contribution in [3.05, 3.63) is 0 Å². The summed E-state index contributed by atoms with van der Waals surface area (Å²) in [5.74, 6) is 0.237. The summed E-state index contributed by atoms with van der Waals surface area (Å²) in [5.41, 5.74) is -0.0182. The normalized spacial score (nSPS) is 18.2. The zero-order chi connectivity index (χ0) is 16.0. The number of rotatable bonds is 6. The van der Waals surface area contributed by atoms with E-state index in [1.807, 2.05) is 0 Å². The Kier molecular flexibility index (Phi) is 7.10. The van der Waals surface area contributed by atoms with E-state index >= 15 is 0 Å². The lowest BCUT2D eigenvalue weighted by molar-refractivity contribution is -0.134. The number of carbonyl (C=O) groups is 1. The summed E-state index contributed by atoms with van der Waals surface area (Å²) >= 11 is 0. The highest BCUT2D eigenvalue weighted by atomic mass is 16.2. The molecular formula is C16H34N4O. The lowest BCUT2D eigenvalue weighted by atomic mass is 10.0. The Morgan fingerprint density at radius 3 is 2.24 bits per heavy atom. The number of likely N-dealkylation sites (tertiary alicyclic amines) is 1. The number of amides is 1. The van der Waals surface area contributed by atoms with E-state index in [1.54, 1.807) is 0 Å². The van der Waals surface area contributed by atoms with Crippen LogP contribution >= 0.6 is 0 Å².